The summed E-state index contributed by atoms with van der Waals surface area (Å²) in [5.41, 5.74) is -2.23. The highest BCUT2D eigenvalue weighted by atomic mass is 16.7. The van der Waals surface area contributed by atoms with Crippen LogP contribution in [-0.4, -0.2) is 58.8 Å². The average molecular weight is 398 g/mol. The lowest BCUT2D eigenvalue weighted by atomic mass is 9.83. The summed E-state index contributed by atoms with van der Waals surface area (Å²) in [6.07, 6.45) is 2.42. The van der Waals surface area contributed by atoms with Gasteiger partial charge in [-0.3, -0.25) is 9.59 Å². The van der Waals surface area contributed by atoms with Gasteiger partial charge in [-0.1, -0.05) is 25.5 Å². The van der Waals surface area contributed by atoms with E-state index < -0.39 is 40.8 Å². The molecule has 2 heterocycles. The smallest absolute Gasteiger partial charge is 0.316 e. The van der Waals surface area contributed by atoms with Crippen LogP contribution >= 0.6 is 0 Å². The predicted molar refractivity (Wildman–Crippen MR) is 102 cm³/mol. The van der Waals surface area contributed by atoms with Crippen LogP contribution in [0, 0.1) is 11.8 Å². The fraction of sp³-hybridized carbons (Fsp3) is 0.810. The van der Waals surface area contributed by atoms with Gasteiger partial charge in [0.1, 0.15) is 17.6 Å². The molecule has 1 fully saturated rings. The Morgan fingerprint density at radius 3 is 2.50 bits per heavy atom. The molecule has 0 aromatic carbocycles. The number of rotatable bonds is 2. The lowest BCUT2D eigenvalue weighted by Gasteiger charge is -2.33. The minimum absolute atomic E-state index is 0.0328. The van der Waals surface area contributed by atoms with Crippen LogP contribution in [0.4, 0.5) is 0 Å². The first-order valence-electron chi connectivity index (χ1n) is 9.95. The molecule has 7 heteroatoms. The van der Waals surface area contributed by atoms with Gasteiger partial charge in [0.05, 0.1) is 6.61 Å². The van der Waals surface area contributed by atoms with E-state index in [1.807, 2.05) is 13.8 Å². The van der Waals surface area contributed by atoms with Crippen molar-refractivity contribution in [3.8, 4) is 0 Å². The van der Waals surface area contributed by atoms with Gasteiger partial charge >= 0.3 is 5.97 Å². The summed E-state index contributed by atoms with van der Waals surface area (Å²) in [6.45, 7) is 8.53. The monoisotopic (exact) mass is 398 g/mol. The number of aliphatic hydroxyl groups is 2. The first-order chi connectivity index (χ1) is 12.9. The first kappa shape index (κ1) is 23.0. The summed E-state index contributed by atoms with van der Waals surface area (Å²) in [6, 6.07) is 0. The van der Waals surface area contributed by atoms with E-state index in [1.165, 1.54) is 14.0 Å². The van der Waals surface area contributed by atoms with Crippen molar-refractivity contribution in [2.24, 2.45) is 11.8 Å². The van der Waals surface area contributed by atoms with E-state index in [-0.39, 0.29) is 18.9 Å². The van der Waals surface area contributed by atoms with Crippen LogP contribution in [0.5, 0.6) is 0 Å². The molecule has 0 aliphatic carbocycles. The van der Waals surface area contributed by atoms with Crippen molar-refractivity contribution in [2.75, 3.05) is 13.7 Å². The normalized spacial score (nSPS) is 45.1. The fourth-order valence-corrected chi connectivity index (χ4v) is 4.47. The van der Waals surface area contributed by atoms with Crippen molar-refractivity contribution in [3.63, 3.8) is 0 Å². The molecule has 2 bridgehead atoms. The summed E-state index contributed by atoms with van der Waals surface area (Å²) in [7, 11) is 1.49. The van der Waals surface area contributed by atoms with Crippen molar-refractivity contribution in [3.05, 3.63) is 11.6 Å². The van der Waals surface area contributed by atoms with Gasteiger partial charge in [0.15, 0.2) is 17.2 Å². The van der Waals surface area contributed by atoms with Gasteiger partial charge in [-0.25, -0.2) is 0 Å². The number of cyclic esters (lactones) is 1. The Kier molecular flexibility index (Phi) is 6.76. The molecule has 28 heavy (non-hydrogen) atoms. The number of fused-ring (bicyclic) bond motifs is 2. The van der Waals surface area contributed by atoms with Crippen LogP contribution in [-0.2, 0) is 23.8 Å². The Morgan fingerprint density at radius 1 is 1.29 bits per heavy atom. The van der Waals surface area contributed by atoms with E-state index in [2.05, 4.69) is 0 Å². The summed E-state index contributed by atoms with van der Waals surface area (Å²) in [4.78, 5) is 25.5. The molecular weight excluding hydrogens is 364 g/mol. The number of methoxy groups -OCH3 is 1. The second-order valence-corrected chi connectivity index (χ2v) is 8.76. The molecule has 2 rings (SSSR count). The van der Waals surface area contributed by atoms with E-state index in [9.17, 15) is 19.8 Å². The number of carbonyl (C=O) groups excluding carboxylic acids is 2. The second-order valence-electron chi connectivity index (χ2n) is 8.76. The SMILES string of the molecule is CC[C@H]1OC(=O)[C@H](C)C(=O)[C@]2(O)CO[C@@](OC)(C[C@@H](C)C/C(C)=C\[C@]1(C)O)C2. The molecule has 2 N–H and O–H groups in total. The Morgan fingerprint density at radius 2 is 1.93 bits per heavy atom. The number of hydrogen-bond donors (Lipinski definition) is 2. The molecule has 0 amide bonds. The van der Waals surface area contributed by atoms with E-state index >= 15 is 0 Å². The zero-order chi connectivity index (χ0) is 21.3. The molecule has 0 aromatic heterocycles. The quantitative estimate of drug-likeness (QED) is 0.417. The molecule has 0 radical (unpaired) electrons. The summed E-state index contributed by atoms with van der Waals surface area (Å²) < 4.78 is 16.8. The van der Waals surface area contributed by atoms with E-state index in [1.54, 1.807) is 19.9 Å². The zero-order valence-corrected chi connectivity index (χ0v) is 17.8. The minimum atomic E-state index is -1.81. The number of ketones is 1. The van der Waals surface area contributed by atoms with E-state index in [0.29, 0.717) is 19.3 Å². The molecule has 0 spiro atoms. The summed E-state index contributed by atoms with van der Waals surface area (Å²) in [5.74, 6) is -3.57. The number of ether oxygens (including phenoxy) is 3. The van der Waals surface area contributed by atoms with Crippen molar-refractivity contribution in [1.29, 1.82) is 0 Å². The van der Waals surface area contributed by atoms with Crippen molar-refractivity contribution < 1.29 is 34.0 Å². The molecule has 1 saturated heterocycles. The third kappa shape index (κ3) is 4.64. The lowest BCUT2D eigenvalue weighted by molar-refractivity contribution is -0.203. The molecule has 0 aromatic rings. The highest BCUT2D eigenvalue weighted by Crippen LogP contribution is 2.41. The minimum Gasteiger partial charge on any atom is -0.458 e. The molecule has 0 saturated carbocycles. The molecule has 7 nitrogen and oxygen atoms in total. The first-order valence-corrected chi connectivity index (χ1v) is 9.95. The van der Waals surface area contributed by atoms with Crippen molar-refractivity contribution >= 4 is 11.8 Å². The van der Waals surface area contributed by atoms with Gasteiger partial charge in [-0.05, 0) is 39.5 Å². The molecular formula is C21H34O7. The van der Waals surface area contributed by atoms with Crippen LogP contribution in [0.2, 0.25) is 0 Å². The number of carbonyl (C=O) groups is 2. The highest BCUT2D eigenvalue weighted by Gasteiger charge is 2.55. The van der Waals surface area contributed by atoms with Gasteiger partial charge in [-0.2, -0.15) is 0 Å². The Hall–Kier alpha value is -1.28. The molecule has 6 atom stereocenters. The second kappa shape index (κ2) is 8.22. The third-order valence-electron chi connectivity index (χ3n) is 5.86. The van der Waals surface area contributed by atoms with E-state index in [0.717, 1.165) is 5.57 Å². The lowest BCUT2D eigenvalue weighted by Crippen LogP contribution is -2.48. The largest absolute Gasteiger partial charge is 0.458 e. The van der Waals surface area contributed by atoms with Crippen molar-refractivity contribution in [1.82, 2.24) is 0 Å². The molecule has 160 valence electrons. The maximum atomic E-state index is 12.9. The van der Waals surface area contributed by atoms with Crippen LogP contribution in [0.15, 0.2) is 11.6 Å². The average Bonchev–Trinajstić information content (AvgIpc) is 2.94. The van der Waals surface area contributed by atoms with Gasteiger partial charge < -0.3 is 24.4 Å². The maximum Gasteiger partial charge on any atom is 0.316 e. The van der Waals surface area contributed by atoms with E-state index in [4.69, 9.17) is 14.2 Å². The topological polar surface area (TPSA) is 102 Å². The summed E-state index contributed by atoms with van der Waals surface area (Å²) >= 11 is 0. The van der Waals surface area contributed by atoms with Gasteiger partial charge in [-0.15, -0.1) is 0 Å². The molecule has 2 aliphatic rings. The highest BCUT2D eigenvalue weighted by molar-refractivity contribution is 6.03. The number of esters is 1. The third-order valence-corrected chi connectivity index (χ3v) is 5.86. The van der Waals surface area contributed by atoms with Gasteiger partial charge in [0.2, 0.25) is 0 Å². The predicted octanol–water partition coefficient (Wildman–Crippen LogP) is 2.13. The number of Topliss-reactive ketones (excluding diaryl/α,β-unsaturated/α-hetero) is 1. The standard InChI is InChI=1S/C21H34O7/c1-7-16-19(5,24)9-13(2)8-14(3)10-21(26-6)11-20(25,12-27-21)17(22)15(4)18(23)28-16/h9,14-16,24-25H,7-8,10-12H2,1-6H3/b13-9-/t14-,15+,16+,19-,20+,21-/m0/s1. The van der Waals surface area contributed by atoms with Crippen LogP contribution in [0.25, 0.3) is 0 Å². The van der Waals surface area contributed by atoms with Crippen molar-refractivity contribution in [2.45, 2.75) is 83.4 Å². The maximum absolute atomic E-state index is 12.9. The molecule has 0 unspecified atom stereocenters. The van der Waals surface area contributed by atoms with Crippen LogP contribution < -0.4 is 0 Å². The van der Waals surface area contributed by atoms with Crippen LogP contribution in [0.3, 0.4) is 0 Å². The summed E-state index contributed by atoms with van der Waals surface area (Å²) in [5, 5.41) is 21.8. The zero-order valence-electron chi connectivity index (χ0n) is 17.8. The van der Waals surface area contributed by atoms with Gasteiger partial charge in [0.25, 0.3) is 0 Å². The van der Waals surface area contributed by atoms with Gasteiger partial charge in [0, 0.05) is 20.0 Å². The fourth-order valence-electron chi connectivity index (χ4n) is 4.47. The molecule has 2 aliphatic heterocycles. The van der Waals surface area contributed by atoms with Crippen LogP contribution in [0.1, 0.15) is 60.3 Å². The Balaban J connectivity index is 2.45. The Labute approximate surface area is 167 Å². The number of hydrogen-bond acceptors (Lipinski definition) is 7. The Bertz CT molecular complexity index is 641. The number of allylic oxidation sites excluding steroid dienone is 1.